The van der Waals surface area contributed by atoms with Gasteiger partial charge in [-0.1, -0.05) is 29.8 Å². The summed E-state index contributed by atoms with van der Waals surface area (Å²) in [5.74, 6) is -1.90. The van der Waals surface area contributed by atoms with Gasteiger partial charge in [-0.15, -0.1) is 0 Å². The number of urea groups is 1. The van der Waals surface area contributed by atoms with Crippen molar-refractivity contribution >= 4 is 72.6 Å². The largest absolute Gasteiger partial charge is 0.378 e. The third-order valence-corrected chi connectivity index (χ3v) is 9.40. The van der Waals surface area contributed by atoms with Gasteiger partial charge in [-0.3, -0.25) is 9.29 Å². The predicted molar refractivity (Wildman–Crippen MR) is 175 cm³/mol. The molecule has 0 unspecified atom stereocenters. The molecule has 0 saturated carbocycles. The molecule has 0 bridgehead atoms. The highest BCUT2D eigenvalue weighted by atomic mass is 35.5. The summed E-state index contributed by atoms with van der Waals surface area (Å²) in [6.07, 6.45) is 2.73. The van der Waals surface area contributed by atoms with Gasteiger partial charge < -0.3 is 20.3 Å². The summed E-state index contributed by atoms with van der Waals surface area (Å²) < 4.78 is 65.8. The van der Waals surface area contributed by atoms with Crippen molar-refractivity contribution in [2.24, 2.45) is 0 Å². The van der Waals surface area contributed by atoms with E-state index in [9.17, 15) is 13.2 Å². The topological polar surface area (TPSA) is 156 Å². The minimum absolute atomic E-state index is 0.0476. The first-order valence-electron chi connectivity index (χ1n) is 14.4. The Morgan fingerprint density at radius 2 is 1.71 bits per heavy atom. The standard InChI is InChI=1S/C31H24ClF2N9O4S/c32-18-4-1-2-7-24(18)48(45,46)41-20-9-8-19(33)27(26(20)34)40-30-29-21(35-16-36-30)10-11-25(39-29)43-17-37-28-22(5-3-6-23(28)43)38-31(44)42-12-14-47-15-13-42/h1-11,16-17,41H,12-15H2,(H,38,44)(H,35,36,40). The van der Waals surface area contributed by atoms with Crippen molar-refractivity contribution in [1.82, 2.24) is 29.4 Å². The van der Waals surface area contributed by atoms with Gasteiger partial charge in [-0.05, 0) is 48.5 Å². The van der Waals surface area contributed by atoms with Crippen molar-refractivity contribution in [3.05, 3.63) is 96.0 Å². The molecular weight excluding hydrogens is 668 g/mol. The van der Waals surface area contributed by atoms with Crippen LogP contribution in [-0.2, 0) is 14.8 Å². The highest BCUT2D eigenvalue weighted by molar-refractivity contribution is 7.92. The van der Waals surface area contributed by atoms with Crippen LogP contribution in [0.1, 0.15) is 0 Å². The van der Waals surface area contributed by atoms with Crippen LogP contribution in [0, 0.1) is 11.6 Å². The third kappa shape index (κ3) is 5.92. The van der Waals surface area contributed by atoms with E-state index in [2.05, 4.69) is 35.3 Å². The zero-order valence-corrected chi connectivity index (χ0v) is 26.3. The fourth-order valence-electron chi connectivity index (χ4n) is 5.17. The van der Waals surface area contributed by atoms with Crippen molar-refractivity contribution in [1.29, 1.82) is 0 Å². The Hall–Kier alpha value is -5.45. The number of anilines is 4. The number of carbonyl (C=O) groups excluding carboxylic acids is 1. The number of para-hydroxylation sites is 1. The van der Waals surface area contributed by atoms with Crippen LogP contribution in [0.3, 0.4) is 0 Å². The van der Waals surface area contributed by atoms with Gasteiger partial charge in [0, 0.05) is 13.1 Å². The summed E-state index contributed by atoms with van der Waals surface area (Å²) in [6.45, 7) is 1.89. The number of benzene rings is 3. The Balaban J connectivity index is 1.21. The smallest absolute Gasteiger partial charge is 0.322 e. The number of imidazole rings is 1. The average Bonchev–Trinajstić information content (AvgIpc) is 3.53. The number of morpholine rings is 1. The Morgan fingerprint density at radius 3 is 2.52 bits per heavy atom. The van der Waals surface area contributed by atoms with Crippen molar-refractivity contribution in [3.63, 3.8) is 0 Å². The first kappa shape index (κ1) is 31.2. The van der Waals surface area contributed by atoms with E-state index >= 15 is 8.78 Å². The lowest BCUT2D eigenvalue weighted by molar-refractivity contribution is 0.0565. The van der Waals surface area contributed by atoms with Gasteiger partial charge in [0.2, 0.25) is 0 Å². The molecule has 1 saturated heterocycles. The van der Waals surface area contributed by atoms with Crippen molar-refractivity contribution in [2.45, 2.75) is 4.90 Å². The van der Waals surface area contributed by atoms with E-state index in [-0.39, 0.29) is 27.3 Å². The van der Waals surface area contributed by atoms with Crippen LogP contribution >= 0.6 is 11.6 Å². The molecule has 48 heavy (non-hydrogen) atoms. The second kappa shape index (κ2) is 12.6. The predicted octanol–water partition coefficient (Wildman–Crippen LogP) is 5.70. The normalized spacial score (nSPS) is 13.5. The van der Waals surface area contributed by atoms with Crippen LogP contribution in [0.2, 0.25) is 5.02 Å². The second-order valence-corrected chi connectivity index (χ2v) is 12.6. The number of rotatable bonds is 7. The molecule has 17 heteroatoms. The number of nitrogens with one attached hydrogen (secondary N) is 3. The zero-order valence-electron chi connectivity index (χ0n) is 24.7. The minimum atomic E-state index is -4.32. The molecule has 0 atom stereocenters. The highest BCUT2D eigenvalue weighted by Gasteiger charge is 2.23. The van der Waals surface area contributed by atoms with E-state index in [0.29, 0.717) is 54.4 Å². The first-order valence-corrected chi connectivity index (χ1v) is 16.3. The summed E-state index contributed by atoms with van der Waals surface area (Å²) in [6, 6.07) is 15.9. The molecule has 1 aliphatic rings. The number of carbonyl (C=O) groups is 1. The second-order valence-electron chi connectivity index (χ2n) is 10.5. The van der Waals surface area contributed by atoms with Gasteiger partial charge in [0.1, 0.15) is 45.9 Å². The van der Waals surface area contributed by atoms with Crippen LogP contribution in [0.5, 0.6) is 0 Å². The van der Waals surface area contributed by atoms with Crippen molar-refractivity contribution < 1.29 is 26.7 Å². The first-order chi connectivity index (χ1) is 23.2. The van der Waals surface area contributed by atoms with E-state index in [0.717, 1.165) is 12.1 Å². The monoisotopic (exact) mass is 691 g/mol. The number of fused-ring (bicyclic) bond motifs is 2. The number of hydrogen-bond donors (Lipinski definition) is 3. The molecule has 244 valence electrons. The quantitative estimate of drug-likeness (QED) is 0.191. The van der Waals surface area contributed by atoms with E-state index in [1.165, 1.54) is 30.9 Å². The molecule has 4 heterocycles. The maximum atomic E-state index is 15.7. The Morgan fingerprint density at radius 1 is 0.896 bits per heavy atom. The fraction of sp³-hybridized carbons (Fsp3) is 0.129. The number of hydrogen-bond acceptors (Lipinski definition) is 9. The number of pyridine rings is 1. The maximum Gasteiger partial charge on any atom is 0.322 e. The molecule has 13 nitrogen and oxygen atoms in total. The van der Waals surface area contributed by atoms with Gasteiger partial charge in [0.15, 0.2) is 11.6 Å². The van der Waals surface area contributed by atoms with Crippen LogP contribution in [0.15, 0.2) is 84.3 Å². The van der Waals surface area contributed by atoms with Gasteiger partial charge >= 0.3 is 6.03 Å². The SMILES string of the molecule is O=C(Nc1cccc2c1ncn2-c1ccc2ncnc(Nc3c(F)ccc(NS(=O)(=O)c4ccccc4Cl)c3F)c2n1)N1CCOCC1. The van der Waals surface area contributed by atoms with Crippen LogP contribution < -0.4 is 15.4 Å². The molecule has 0 spiro atoms. The fourth-order valence-corrected chi connectivity index (χ4v) is 6.75. The summed E-state index contributed by atoms with van der Waals surface area (Å²) >= 11 is 6.04. The molecule has 1 fully saturated rings. The molecule has 1 aliphatic heterocycles. The molecule has 2 amide bonds. The van der Waals surface area contributed by atoms with Crippen LogP contribution in [-0.4, -0.2) is 70.2 Å². The van der Waals surface area contributed by atoms with E-state index < -0.39 is 33.0 Å². The number of sulfonamides is 1. The molecule has 3 aromatic carbocycles. The van der Waals surface area contributed by atoms with E-state index in [1.807, 2.05) is 0 Å². The van der Waals surface area contributed by atoms with Gasteiger partial charge in [0.25, 0.3) is 10.0 Å². The molecule has 3 aromatic heterocycles. The summed E-state index contributed by atoms with van der Waals surface area (Å²) in [4.78, 5) is 31.8. The molecule has 7 rings (SSSR count). The Labute approximate surface area is 276 Å². The molecule has 0 aliphatic carbocycles. The van der Waals surface area contributed by atoms with Crippen LogP contribution in [0.4, 0.5) is 36.5 Å². The van der Waals surface area contributed by atoms with E-state index in [1.54, 1.807) is 45.9 Å². The number of ether oxygens (including phenoxy) is 1. The summed E-state index contributed by atoms with van der Waals surface area (Å²) in [7, 11) is -4.32. The Kier molecular flexibility index (Phi) is 8.20. The molecular formula is C31H24ClF2N9O4S. The lowest BCUT2D eigenvalue weighted by Crippen LogP contribution is -2.43. The molecule has 3 N–H and O–H groups in total. The number of nitrogens with zero attached hydrogens (tertiary/aromatic N) is 6. The highest BCUT2D eigenvalue weighted by Crippen LogP contribution is 2.33. The summed E-state index contributed by atoms with van der Waals surface area (Å²) in [5.41, 5.74) is 0.977. The maximum absolute atomic E-state index is 15.7. The average molecular weight is 692 g/mol. The number of aromatic nitrogens is 5. The van der Waals surface area contributed by atoms with Crippen molar-refractivity contribution in [2.75, 3.05) is 41.7 Å². The minimum Gasteiger partial charge on any atom is -0.378 e. The lowest BCUT2D eigenvalue weighted by Gasteiger charge is -2.26. The van der Waals surface area contributed by atoms with Crippen LogP contribution in [0.25, 0.3) is 27.9 Å². The number of halogens is 3. The number of amides is 2. The lowest BCUT2D eigenvalue weighted by atomic mass is 10.2. The Bertz CT molecular complexity index is 2320. The van der Waals surface area contributed by atoms with E-state index in [4.69, 9.17) is 16.3 Å². The molecule has 0 radical (unpaired) electrons. The summed E-state index contributed by atoms with van der Waals surface area (Å²) in [5, 5.41) is 5.46. The van der Waals surface area contributed by atoms with Crippen molar-refractivity contribution in [3.8, 4) is 5.82 Å². The molecule has 6 aromatic rings. The van der Waals surface area contributed by atoms with Gasteiger partial charge in [-0.25, -0.2) is 41.9 Å². The zero-order chi connectivity index (χ0) is 33.4. The van der Waals surface area contributed by atoms with Gasteiger partial charge in [0.05, 0.1) is 40.6 Å². The van der Waals surface area contributed by atoms with Gasteiger partial charge in [-0.2, -0.15) is 0 Å². The third-order valence-electron chi connectivity index (χ3n) is 7.54.